The van der Waals surface area contributed by atoms with Gasteiger partial charge in [0, 0.05) is 22.7 Å². The molecule has 7 heteroatoms. The monoisotopic (exact) mass is 393 g/mol. The molecule has 0 spiro atoms. The Morgan fingerprint density at radius 2 is 1.73 bits per heavy atom. The second-order valence-corrected chi connectivity index (χ2v) is 6.34. The van der Waals surface area contributed by atoms with Crippen molar-refractivity contribution in [3.63, 3.8) is 0 Å². The van der Waals surface area contributed by atoms with Gasteiger partial charge in [-0.1, -0.05) is 30.1 Å². The molecule has 0 aliphatic rings. The molecular weight excluding hydrogens is 377 g/mol. The fraction of sp³-hybridized carbons (Fsp3) is 0.211. The van der Waals surface area contributed by atoms with Crippen molar-refractivity contribution in [1.29, 1.82) is 0 Å². The molecule has 0 radical (unpaired) electrons. The van der Waals surface area contributed by atoms with Crippen LogP contribution in [0.5, 0.6) is 0 Å². The Morgan fingerprint density at radius 3 is 2.38 bits per heavy atom. The van der Waals surface area contributed by atoms with Crippen molar-refractivity contribution in [3.05, 3.63) is 63.6 Å². The fourth-order valence-electron chi connectivity index (χ4n) is 2.14. The Balaban J connectivity index is 1.94. The quantitative estimate of drug-likeness (QED) is 0.542. The van der Waals surface area contributed by atoms with Crippen molar-refractivity contribution in [2.24, 2.45) is 0 Å². The molecule has 0 saturated carbocycles. The second kappa shape index (κ2) is 9.36. The normalized spacial score (nSPS) is 10.3. The van der Waals surface area contributed by atoms with Crippen LogP contribution in [-0.2, 0) is 9.53 Å². The van der Waals surface area contributed by atoms with Crippen LogP contribution in [-0.4, -0.2) is 24.3 Å². The van der Waals surface area contributed by atoms with Crippen molar-refractivity contribution in [3.8, 4) is 0 Å². The number of carbonyl (C=O) groups excluding carboxylic acids is 3. The van der Waals surface area contributed by atoms with Crippen LogP contribution in [0.1, 0.15) is 40.5 Å². The van der Waals surface area contributed by atoms with E-state index >= 15 is 0 Å². The Bertz CT molecular complexity index is 819. The van der Waals surface area contributed by atoms with Gasteiger partial charge in [0.2, 0.25) is 5.91 Å². The van der Waals surface area contributed by atoms with E-state index in [0.717, 1.165) is 6.42 Å². The number of nitrogens with one attached hydrogen (secondary N) is 1. The summed E-state index contributed by atoms with van der Waals surface area (Å²) >= 11 is 11.8. The van der Waals surface area contributed by atoms with Gasteiger partial charge < -0.3 is 10.1 Å². The zero-order chi connectivity index (χ0) is 19.1. The van der Waals surface area contributed by atoms with Gasteiger partial charge in [-0.15, -0.1) is 0 Å². The number of halogens is 2. The molecule has 0 aliphatic carbocycles. The van der Waals surface area contributed by atoms with Gasteiger partial charge in [-0.25, -0.2) is 4.79 Å². The Kier molecular flexibility index (Phi) is 7.18. The molecule has 2 rings (SSSR count). The lowest BCUT2D eigenvalue weighted by Gasteiger charge is -2.07. The van der Waals surface area contributed by atoms with Crippen LogP contribution in [0.15, 0.2) is 42.5 Å². The van der Waals surface area contributed by atoms with Gasteiger partial charge in [-0.3, -0.25) is 9.59 Å². The standard InChI is InChI=1S/C19H17Cl2NO4/c1-2-3-18(24)22-14-7-4-12(5-8-14)17(23)11-26-19(25)15-10-13(20)6-9-16(15)21/h4-10H,2-3,11H2,1H3,(H,22,24). The first-order chi connectivity index (χ1) is 12.4. The van der Waals surface area contributed by atoms with E-state index in [4.69, 9.17) is 27.9 Å². The molecule has 0 heterocycles. The minimum Gasteiger partial charge on any atom is -0.454 e. The largest absolute Gasteiger partial charge is 0.454 e. The highest BCUT2D eigenvalue weighted by atomic mass is 35.5. The molecule has 0 bridgehead atoms. The van der Waals surface area contributed by atoms with Gasteiger partial charge in [0.05, 0.1) is 10.6 Å². The van der Waals surface area contributed by atoms with E-state index < -0.39 is 12.6 Å². The summed E-state index contributed by atoms with van der Waals surface area (Å²) in [5.74, 6) is -1.18. The summed E-state index contributed by atoms with van der Waals surface area (Å²) in [5.41, 5.74) is 1.06. The van der Waals surface area contributed by atoms with Crippen molar-refractivity contribution >= 4 is 46.5 Å². The van der Waals surface area contributed by atoms with E-state index in [-0.39, 0.29) is 22.3 Å². The number of ether oxygens (including phenoxy) is 1. The predicted molar refractivity (Wildman–Crippen MR) is 101 cm³/mol. The van der Waals surface area contributed by atoms with Crippen molar-refractivity contribution in [2.45, 2.75) is 19.8 Å². The van der Waals surface area contributed by atoms with Gasteiger partial charge in [0.25, 0.3) is 0 Å². The summed E-state index contributed by atoms with van der Waals surface area (Å²) in [5, 5.41) is 3.26. The molecule has 26 heavy (non-hydrogen) atoms. The summed E-state index contributed by atoms with van der Waals surface area (Å²) in [6, 6.07) is 10.8. The number of Topliss-reactive ketones (excluding diaryl/α,β-unsaturated/α-hetero) is 1. The third kappa shape index (κ3) is 5.58. The van der Waals surface area contributed by atoms with Crippen LogP contribution in [0, 0.1) is 0 Å². The maximum absolute atomic E-state index is 12.1. The Morgan fingerprint density at radius 1 is 1.04 bits per heavy atom. The smallest absolute Gasteiger partial charge is 0.340 e. The second-order valence-electron chi connectivity index (χ2n) is 5.50. The van der Waals surface area contributed by atoms with E-state index in [1.54, 1.807) is 30.3 Å². The van der Waals surface area contributed by atoms with Crippen molar-refractivity contribution in [1.82, 2.24) is 0 Å². The Hall–Kier alpha value is -2.37. The van der Waals surface area contributed by atoms with Crippen LogP contribution in [0.2, 0.25) is 10.0 Å². The van der Waals surface area contributed by atoms with Gasteiger partial charge >= 0.3 is 5.97 Å². The van der Waals surface area contributed by atoms with E-state index in [1.165, 1.54) is 12.1 Å². The molecule has 2 aromatic carbocycles. The summed E-state index contributed by atoms with van der Waals surface area (Å²) < 4.78 is 5.01. The van der Waals surface area contributed by atoms with Crippen LogP contribution < -0.4 is 5.32 Å². The molecule has 0 saturated heterocycles. The first-order valence-electron chi connectivity index (χ1n) is 7.96. The topological polar surface area (TPSA) is 72.5 Å². The lowest BCUT2D eigenvalue weighted by Crippen LogP contribution is -2.15. The number of anilines is 1. The van der Waals surface area contributed by atoms with Gasteiger partial charge in [-0.2, -0.15) is 0 Å². The maximum atomic E-state index is 12.1. The van der Waals surface area contributed by atoms with Crippen molar-refractivity contribution in [2.75, 3.05) is 11.9 Å². The third-order valence-electron chi connectivity index (χ3n) is 3.45. The van der Waals surface area contributed by atoms with E-state index in [0.29, 0.717) is 22.7 Å². The lowest BCUT2D eigenvalue weighted by atomic mass is 10.1. The average Bonchev–Trinajstić information content (AvgIpc) is 2.62. The summed E-state index contributed by atoms with van der Waals surface area (Å²) in [4.78, 5) is 35.7. The van der Waals surface area contributed by atoms with Crippen molar-refractivity contribution < 1.29 is 19.1 Å². The first kappa shape index (κ1) is 19.9. The summed E-state index contributed by atoms with van der Waals surface area (Å²) in [6.45, 7) is 1.49. The SMILES string of the molecule is CCCC(=O)Nc1ccc(C(=O)COC(=O)c2cc(Cl)ccc2Cl)cc1. The first-order valence-corrected chi connectivity index (χ1v) is 8.71. The maximum Gasteiger partial charge on any atom is 0.340 e. The minimum absolute atomic E-state index is 0.0843. The molecule has 0 aliphatic heterocycles. The zero-order valence-electron chi connectivity index (χ0n) is 14.1. The Labute approximate surface area is 161 Å². The summed E-state index contributed by atoms with van der Waals surface area (Å²) in [6.07, 6.45) is 1.19. The molecule has 2 aromatic rings. The highest BCUT2D eigenvalue weighted by molar-refractivity contribution is 6.35. The molecule has 5 nitrogen and oxygen atoms in total. The number of hydrogen-bond donors (Lipinski definition) is 1. The molecule has 1 N–H and O–H groups in total. The van der Waals surface area contributed by atoms with Crippen LogP contribution in [0.4, 0.5) is 5.69 Å². The lowest BCUT2D eigenvalue weighted by molar-refractivity contribution is -0.116. The van der Waals surface area contributed by atoms with Gasteiger partial charge in [-0.05, 0) is 48.9 Å². The highest BCUT2D eigenvalue weighted by Crippen LogP contribution is 2.21. The van der Waals surface area contributed by atoms with E-state index in [1.807, 2.05) is 6.92 Å². The minimum atomic E-state index is -0.728. The van der Waals surface area contributed by atoms with Gasteiger partial charge in [0.15, 0.2) is 12.4 Å². The fourth-order valence-corrected chi connectivity index (χ4v) is 2.50. The number of benzene rings is 2. The molecule has 1 amide bonds. The number of carbonyl (C=O) groups is 3. The van der Waals surface area contributed by atoms with E-state index in [9.17, 15) is 14.4 Å². The summed E-state index contributed by atoms with van der Waals surface area (Å²) in [7, 11) is 0. The number of esters is 1. The molecule has 0 fully saturated rings. The van der Waals surface area contributed by atoms with Crippen LogP contribution >= 0.6 is 23.2 Å². The number of amides is 1. The molecule has 0 aromatic heterocycles. The molecule has 136 valence electrons. The average molecular weight is 394 g/mol. The third-order valence-corrected chi connectivity index (χ3v) is 4.02. The molecule has 0 atom stereocenters. The highest BCUT2D eigenvalue weighted by Gasteiger charge is 2.15. The number of rotatable bonds is 7. The van der Waals surface area contributed by atoms with Crippen LogP contribution in [0.25, 0.3) is 0 Å². The molecule has 0 unspecified atom stereocenters. The zero-order valence-corrected chi connectivity index (χ0v) is 15.6. The number of hydrogen-bond acceptors (Lipinski definition) is 4. The van der Waals surface area contributed by atoms with Gasteiger partial charge in [0.1, 0.15) is 0 Å². The predicted octanol–water partition coefficient (Wildman–Crippen LogP) is 4.77. The van der Waals surface area contributed by atoms with Crippen LogP contribution in [0.3, 0.4) is 0 Å². The number of ketones is 1. The van der Waals surface area contributed by atoms with E-state index in [2.05, 4.69) is 5.32 Å². The molecular formula is C19H17Cl2NO4.